The number of rotatable bonds is 2. The van der Waals surface area contributed by atoms with Crippen molar-refractivity contribution >= 4 is 11.9 Å². The van der Waals surface area contributed by atoms with Crippen LogP contribution in [0.4, 0.5) is 0 Å². The molecular weight excluding hydrogens is 196 g/mol. The first-order chi connectivity index (χ1) is 6.93. The van der Waals surface area contributed by atoms with Crippen molar-refractivity contribution in [3.63, 3.8) is 0 Å². The Morgan fingerprint density at radius 3 is 2.47 bits per heavy atom. The molecule has 5 nitrogen and oxygen atoms in total. The van der Waals surface area contributed by atoms with E-state index in [-0.39, 0.29) is 11.5 Å². The van der Waals surface area contributed by atoms with Crippen LogP contribution in [-0.2, 0) is 18.9 Å². The van der Waals surface area contributed by atoms with E-state index in [1.54, 1.807) is 7.05 Å². The van der Waals surface area contributed by atoms with Gasteiger partial charge in [-0.1, -0.05) is 0 Å². The van der Waals surface area contributed by atoms with E-state index in [2.05, 4.69) is 0 Å². The Morgan fingerprint density at radius 2 is 1.93 bits per heavy atom. The highest BCUT2D eigenvalue weighted by molar-refractivity contribution is 5.91. The first-order valence-electron chi connectivity index (χ1n) is 4.39. The molecule has 0 amide bonds. The van der Waals surface area contributed by atoms with Crippen molar-refractivity contribution in [1.29, 1.82) is 0 Å². The second-order valence-electron chi connectivity index (χ2n) is 3.29. The van der Waals surface area contributed by atoms with Crippen LogP contribution in [-0.4, -0.2) is 14.9 Å². The van der Waals surface area contributed by atoms with Crippen LogP contribution in [0, 0.1) is 0 Å². The third kappa shape index (κ3) is 2.31. The average Bonchev–Trinajstić information content (AvgIpc) is 2.18. The van der Waals surface area contributed by atoms with Crippen LogP contribution in [0.3, 0.4) is 0 Å². The average molecular weight is 208 g/mol. The number of aryl methyl sites for hydroxylation is 1. The summed E-state index contributed by atoms with van der Waals surface area (Å²) in [5.74, 6) is -0.147. The molecule has 1 aromatic rings. The number of hydrogen-bond acceptors (Lipinski definition) is 3. The van der Waals surface area contributed by atoms with Crippen LogP contribution < -0.4 is 11.2 Å². The second kappa shape index (κ2) is 4.08. The van der Waals surface area contributed by atoms with Crippen LogP contribution in [0.5, 0.6) is 0 Å². The third-order valence-electron chi connectivity index (χ3n) is 1.97. The van der Waals surface area contributed by atoms with Gasteiger partial charge in [0.05, 0.1) is 5.56 Å². The van der Waals surface area contributed by atoms with Gasteiger partial charge in [0.15, 0.2) is 5.78 Å². The molecule has 1 heterocycles. The highest BCUT2D eigenvalue weighted by Gasteiger charge is 2.03. The van der Waals surface area contributed by atoms with Crippen molar-refractivity contribution in [3.8, 4) is 0 Å². The minimum atomic E-state index is -0.407. The first-order valence-corrected chi connectivity index (χ1v) is 4.39. The molecule has 5 heteroatoms. The Kier molecular flexibility index (Phi) is 3.04. The fraction of sp³-hybridized carbons (Fsp3) is 0.300. The van der Waals surface area contributed by atoms with Crippen molar-refractivity contribution in [2.75, 3.05) is 0 Å². The van der Waals surface area contributed by atoms with Gasteiger partial charge < -0.3 is 4.57 Å². The molecule has 15 heavy (non-hydrogen) atoms. The SMILES string of the molecule is CC(=O)/C=C/c1cn(C)c(=O)n(C)c1=O. The smallest absolute Gasteiger partial charge is 0.303 e. The maximum absolute atomic E-state index is 11.5. The summed E-state index contributed by atoms with van der Waals surface area (Å²) >= 11 is 0. The van der Waals surface area contributed by atoms with Gasteiger partial charge in [-0.3, -0.25) is 14.2 Å². The molecule has 1 aromatic heterocycles. The molecule has 1 rings (SSSR count). The lowest BCUT2D eigenvalue weighted by Crippen LogP contribution is -2.37. The van der Waals surface area contributed by atoms with Gasteiger partial charge in [0.25, 0.3) is 5.56 Å². The highest BCUT2D eigenvalue weighted by atomic mass is 16.2. The van der Waals surface area contributed by atoms with Crippen molar-refractivity contribution in [2.45, 2.75) is 6.92 Å². The Bertz CT molecular complexity index is 535. The molecule has 0 N–H and O–H groups in total. The van der Waals surface area contributed by atoms with E-state index in [4.69, 9.17) is 0 Å². The zero-order valence-electron chi connectivity index (χ0n) is 8.85. The molecule has 0 spiro atoms. The van der Waals surface area contributed by atoms with Gasteiger partial charge in [0.2, 0.25) is 0 Å². The molecule has 0 fully saturated rings. The van der Waals surface area contributed by atoms with Crippen LogP contribution >= 0.6 is 0 Å². The summed E-state index contributed by atoms with van der Waals surface area (Å²) in [6.45, 7) is 1.39. The molecule has 0 unspecified atom stereocenters. The number of allylic oxidation sites excluding steroid dienone is 1. The maximum atomic E-state index is 11.5. The van der Waals surface area contributed by atoms with E-state index in [1.165, 1.54) is 36.9 Å². The summed E-state index contributed by atoms with van der Waals surface area (Å²) in [6.07, 6.45) is 4.11. The van der Waals surface area contributed by atoms with Crippen LogP contribution in [0.2, 0.25) is 0 Å². The predicted octanol–water partition coefficient (Wildman–Crippen LogP) is -0.314. The topological polar surface area (TPSA) is 61.1 Å². The molecule has 0 aromatic carbocycles. The van der Waals surface area contributed by atoms with Crippen LogP contribution in [0.1, 0.15) is 12.5 Å². The fourth-order valence-corrected chi connectivity index (χ4v) is 1.16. The predicted molar refractivity (Wildman–Crippen MR) is 56.6 cm³/mol. The Morgan fingerprint density at radius 1 is 1.33 bits per heavy atom. The van der Waals surface area contributed by atoms with Crippen molar-refractivity contribution in [2.24, 2.45) is 14.1 Å². The standard InChI is InChI=1S/C10H12N2O3/c1-7(13)4-5-8-6-11(2)10(15)12(3)9(8)14/h4-6H,1-3H3/b5-4+. The molecule has 0 saturated heterocycles. The summed E-state index contributed by atoms with van der Waals surface area (Å²) < 4.78 is 2.29. The second-order valence-corrected chi connectivity index (χ2v) is 3.29. The summed E-state index contributed by atoms with van der Waals surface area (Å²) in [6, 6.07) is 0. The molecule has 0 aliphatic carbocycles. The lowest BCUT2D eigenvalue weighted by atomic mass is 10.2. The number of carbonyl (C=O) groups excluding carboxylic acids is 1. The van der Waals surface area contributed by atoms with E-state index in [0.29, 0.717) is 5.56 Å². The zero-order valence-corrected chi connectivity index (χ0v) is 8.85. The molecule has 0 atom stereocenters. The normalized spacial score (nSPS) is 10.9. The van der Waals surface area contributed by atoms with Crippen molar-refractivity contribution in [3.05, 3.63) is 38.7 Å². The van der Waals surface area contributed by atoms with Gasteiger partial charge in [-0.25, -0.2) is 4.79 Å². The van der Waals surface area contributed by atoms with Crippen molar-refractivity contribution < 1.29 is 4.79 Å². The van der Waals surface area contributed by atoms with Gasteiger partial charge >= 0.3 is 5.69 Å². The van der Waals surface area contributed by atoms with Gasteiger partial charge in [0, 0.05) is 20.3 Å². The maximum Gasteiger partial charge on any atom is 0.330 e. The van der Waals surface area contributed by atoms with E-state index in [1.807, 2.05) is 0 Å². The summed E-state index contributed by atoms with van der Waals surface area (Å²) in [7, 11) is 2.95. The molecule has 0 bridgehead atoms. The Balaban J connectivity index is 3.40. The van der Waals surface area contributed by atoms with Gasteiger partial charge in [-0.2, -0.15) is 0 Å². The lowest BCUT2D eigenvalue weighted by molar-refractivity contribution is -0.112. The molecular formula is C10H12N2O3. The molecule has 0 aliphatic heterocycles. The van der Waals surface area contributed by atoms with Crippen molar-refractivity contribution in [1.82, 2.24) is 9.13 Å². The van der Waals surface area contributed by atoms with E-state index in [9.17, 15) is 14.4 Å². The van der Waals surface area contributed by atoms with E-state index >= 15 is 0 Å². The minimum Gasteiger partial charge on any atom is -0.303 e. The van der Waals surface area contributed by atoms with E-state index < -0.39 is 5.56 Å². The first kappa shape index (κ1) is 11.2. The zero-order chi connectivity index (χ0) is 11.6. The van der Waals surface area contributed by atoms with E-state index in [0.717, 1.165) is 4.57 Å². The third-order valence-corrected chi connectivity index (χ3v) is 1.97. The molecule has 80 valence electrons. The molecule has 0 saturated carbocycles. The number of nitrogens with zero attached hydrogens (tertiary/aromatic N) is 2. The number of ketones is 1. The van der Waals surface area contributed by atoms with Crippen LogP contribution in [0.15, 0.2) is 21.9 Å². The van der Waals surface area contributed by atoms with Gasteiger partial charge in [-0.05, 0) is 19.1 Å². The minimum absolute atomic E-state index is 0.147. The Hall–Kier alpha value is -1.91. The summed E-state index contributed by atoms with van der Waals surface area (Å²) in [4.78, 5) is 33.6. The number of aromatic nitrogens is 2. The fourth-order valence-electron chi connectivity index (χ4n) is 1.16. The van der Waals surface area contributed by atoms with Gasteiger partial charge in [-0.15, -0.1) is 0 Å². The number of hydrogen-bond donors (Lipinski definition) is 0. The summed E-state index contributed by atoms with van der Waals surface area (Å²) in [5, 5.41) is 0. The number of carbonyl (C=O) groups is 1. The summed E-state index contributed by atoms with van der Waals surface area (Å²) in [5.41, 5.74) is -0.481. The quantitative estimate of drug-likeness (QED) is 0.626. The lowest BCUT2D eigenvalue weighted by Gasteiger charge is -2.02. The highest BCUT2D eigenvalue weighted by Crippen LogP contribution is 1.92. The molecule has 0 aliphatic rings. The van der Waals surface area contributed by atoms with Gasteiger partial charge in [0.1, 0.15) is 0 Å². The van der Waals surface area contributed by atoms with Crippen LogP contribution in [0.25, 0.3) is 6.08 Å². The largest absolute Gasteiger partial charge is 0.330 e. The monoisotopic (exact) mass is 208 g/mol. The molecule has 0 radical (unpaired) electrons. The Labute approximate surface area is 86.3 Å².